The molecule has 0 aliphatic heterocycles. The van der Waals surface area contributed by atoms with Crippen LogP contribution in [-0.4, -0.2) is 24.4 Å². The Bertz CT molecular complexity index is 674. The summed E-state index contributed by atoms with van der Waals surface area (Å²) in [6, 6.07) is 8.96. The van der Waals surface area contributed by atoms with Crippen molar-refractivity contribution in [3.63, 3.8) is 0 Å². The summed E-state index contributed by atoms with van der Waals surface area (Å²) in [4.78, 5) is 25.8. The normalized spacial score (nSPS) is 23.8. The minimum atomic E-state index is -0.545. The van der Waals surface area contributed by atoms with E-state index in [1.165, 1.54) is 6.42 Å². The Morgan fingerprint density at radius 1 is 1.10 bits per heavy atom. The van der Waals surface area contributed by atoms with Gasteiger partial charge < -0.3 is 16.4 Å². The first kappa shape index (κ1) is 24.4. The maximum atomic E-state index is 13.1. The van der Waals surface area contributed by atoms with Crippen molar-refractivity contribution in [2.24, 2.45) is 35.3 Å². The fraction of sp³-hybridized carbons (Fsp3) is 0.680. The number of rotatable bonds is 9. The molecule has 0 spiro atoms. The molecule has 30 heavy (non-hydrogen) atoms. The van der Waals surface area contributed by atoms with Crippen molar-refractivity contribution in [2.75, 3.05) is 6.54 Å². The van der Waals surface area contributed by atoms with Crippen LogP contribution in [0.4, 0.5) is 0 Å². The molecule has 1 aromatic rings. The summed E-state index contributed by atoms with van der Waals surface area (Å²) in [5, 5.41) is 6.21. The average Bonchev–Trinajstić information content (AvgIpc) is 2.70. The van der Waals surface area contributed by atoms with Crippen molar-refractivity contribution in [2.45, 2.75) is 72.4 Å². The largest absolute Gasteiger partial charge is 0.353 e. The van der Waals surface area contributed by atoms with Gasteiger partial charge in [-0.15, -0.1) is 0 Å². The standard InChI is InChI=1S/C25H41N3O2/c1-16(2)13-22(26)25(30)28-23(19-9-7-6-8-10-19)15-27-24(29)21-14-18(5)11-12-20(21)17(3)4/h6-10,16-18,20-23H,11-15,26H2,1-5H3,(H,27,29)(H,28,30)/t18-,20+,21-,22?,23-/m1/s1. The van der Waals surface area contributed by atoms with Crippen LogP contribution in [0, 0.1) is 29.6 Å². The fourth-order valence-electron chi connectivity index (χ4n) is 4.67. The van der Waals surface area contributed by atoms with Crippen LogP contribution >= 0.6 is 0 Å². The Balaban J connectivity index is 2.06. The van der Waals surface area contributed by atoms with Crippen molar-refractivity contribution in [3.05, 3.63) is 35.9 Å². The molecular weight excluding hydrogens is 374 g/mol. The first-order valence-corrected chi connectivity index (χ1v) is 11.6. The summed E-state index contributed by atoms with van der Waals surface area (Å²) < 4.78 is 0. The molecule has 1 saturated carbocycles. The van der Waals surface area contributed by atoms with E-state index in [4.69, 9.17) is 5.73 Å². The van der Waals surface area contributed by atoms with E-state index in [1.54, 1.807) is 0 Å². The zero-order chi connectivity index (χ0) is 22.3. The monoisotopic (exact) mass is 415 g/mol. The number of nitrogens with two attached hydrogens (primary N) is 1. The highest BCUT2D eigenvalue weighted by Crippen LogP contribution is 2.38. The Hall–Kier alpha value is -1.88. The van der Waals surface area contributed by atoms with E-state index < -0.39 is 6.04 Å². The molecule has 1 aromatic carbocycles. The molecule has 1 aliphatic rings. The minimum Gasteiger partial charge on any atom is -0.353 e. The summed E-state index contributed by atoms with van der Waals surface area (Å²) in [6.07, 6.45) is 3.88. The highest BCUT2D eigenvalue weighted by Gasteiger charge is 2.35. The lowest BCUT2D eigenvalue weighted by Crippen LogP contribution is -2.47. The topological polar surface area (TPSA) is 84.2 Å². The summed E-state index contributed by atoms with van der Waals surface area (Å²) in [5.74, 6) is 1.83. The molecular formula is C25H41N3O2. The van der Waals surface area contributed by atoms with E-state index in [2.05, 4.69) is 45.3 Å². The zero-order valence-corrected chi connectivity index (χ0v) is 19.4. The molecule has 2 rings (SSSR count). The van der Waals surface area contributed by atoms with Crippen LogP contribution in [0.2, 0.25) is 0 Å². The van der Waals surface area contributed by atoms with E-state index in [1.807, 2.05) is 30.3 Å². The molecule has 5 nitrogen and oxygen atoms in total. The van der Waals surface area contributed by atoms with Gasteiger partial charge in [-0.1, -0.05) is 71.4 Å². The zero-order valence-electron chi connectivity index (χ0n) is 19.4. The molecule has 2 amide bonds. The number of hydrogen-bond acceptors (Lipinski definition) is 3. The summed E-state index contributed by atoms with van der Waals surface area (Å²) in [5.41, 5.74) is 7.06. The Morgan fingerprint density at radius 2 is 1.77 bits per heavy atom. The highest BCUT2D eigenvalue weighted by atomic mass is 16.2. The van der Waals surface area contributed by atoms with E-state index in [9.17, 15) is 9.59 Å². The highest BCUT2D eigenvalue weighted by molar-refractivity contribution is 5.82. The van der Waals surface area contributed by atoms with Gasteiger partial charge in [0.1, 0.15) is 0 Å². The number of carbonyl (C=O) groups excluding carboxylic acids is 2. The third-order valence-electron chi connectivity index (χ3n) is 6.42. The van der Waals surface area contributed by atoms with Crippen molar-refractivity contribution in [1.82, 2.24) is 10.6 Å². The third-order valence-corrected chi connectivity index (χ3v) is 6.42. The molecule has 4 N–H and O–H groups in total. The lowest BCUT2D eigenvalue weighted by atomic mass is 9.70. The Kier molecular flexibility index (Phi) is 9.35. The Morgan fingerprint density at radius 3 is 2.37 bits per heavy atom. The molecule has 0 aromatic heterocycles. The molecule has 0 saturated heterocycles. The second-order valence-electron chi connectivity index (χ2n) is 9.89. The van der Waals surface area contributed by atoms with E-state index in [0.717, 1.165) is 18.4 Å². The van der Waals surface area contributed by atoms with E-state index in [0.29, 0.717) is 36.6 Å². The predicted octanol–water partition coefficient (Wildman–Crippen LogP) is 4.04. The summed E-state index contributed by atoms with van der Waals surface area (Å²) in [6.45, 7) is 11.1. The van der Waals surface area contributed by atoms with Gasteiger partial charge in [-0.25, -0.2) is 0 Å². The van der Waals surface area contributed by atoms with Gasteiger partial charge in [-0.3, -0.25) is 9.59 Å². The van der Waals surface area contributed by atoms with Gasteiger partial charge in [0.15, 0.2) is 0 Å². The Labute approximate surface area is 182 Å². The minimum absolute atomic E-state index is 0.0454. The van der Waals surface area contributed by atoms with Gasteiger partial charge in [-0.05, 0) is 48.5 Å². The number of nitrogens with one attached hydrogen (secondary N) is 2. The van der Waals surface area contributed by atoms with Crippen molar-refractivity contribution in [3.8, 4) is 0 Å². The van der Waals surface area contributed by atoms with Crippen LogP contribution in [0.15, 0.2) is 30.3 Å². The van der Waals surface area contributed by atoms with Crippen LogP contribution in [-0.2, 0) is 9.59 Å². The third kappa shape index (κ3) is 7.12. The molecule has 0 bridgehead atoms. The van der Waals surface area contributed by atoms with Crippen molar-refractivity contribution < 1.29 is 9.59 Å². The molecule has 0 radical (unpaired) electrons. The van der Waals surface area contributed by atoms with Crippen LogP contribution in [0.25, 0.3) is 0 Å². The van der Waals surface area contributed by atoms with Gasteiger partial charge in [0.2, 0.25) is 11.8 Å². The lowest BCUT2D eigenvalue weighted by Gasteiger charge is -2.36. The van der Waals surface area contributed by atoms with Crippen LogP contribution in [0.3, 0.4) is 0 Å². The average molecular weight is 416 g/mol. The van der Waals surface area contributed by atoms with Gasteiger partial charge in [0.05, 0.1) is 12.1 Å². The number of benzene rings is 1. The molecule has 0 heterocycles. The van der Waals surface area contributed by atoms with Gasteiger partial charge in [-0.2, -0.15) is 0 Å². The maximum Gasteiger partial charge on any atom is 0.237 e. The molecule has 1 aliphatic carbocycles. The lowest BCUT2D eigenvalue weighted by molar-refractivity contribution is -0.130. The smallest absolute Gasteiger partial charge is 0.237 e. The van der Waals surface area contributed by atoms with E-state index in [-0.39, 0.29) is 23.8 Å². The summed E-state index contributed by atoms with van der Waals surface area (Å²) in [7, 11) is 0. The number of amides is 2. The van der Waals surface area contributed by atoms with Crippen molar-refractivity contribution in [1.29, 1.82) is 0 Å². The fourth-order valence-corrected chi connectivity index (χ4v) is 4.67. The first-order chi connectivity index (χ1) is 14.2. The van der Waals surface area contributed by atoms with Gasteiger partial charge in [0.25, 0.3) is 0 Å². The maximum absolute atomic E-state index is 13.1. The quantitative estimate of drug-likeness (QED) is 0.569. The first-order valence-electron chi connectivity index (χ1n) is 11.6. The van der Waals surface area contributed by atoms with E-state index >= 15 is 0 Å². The second-order valence-corrected chi connectivity index (χ2v) is 9.89. The molecule has 5 atom stereocenters. The predicted molar refractivity (Wildman–Crippen MR) is 123 cm³/mol. The SMILES string of the molecule is CC(C)CC(N)C(=O)N[C@H](CNC(=O)[C@@H]1C[C@H](C)CC[C@H]1C(C)C)c1ccccc1. The van der Waals surface area contributed by atoms with Crippen LogP contribution in [0.1, 0.15) is 71.9 Å². The summed E-state index contributed by atoms with van der Waals surface area (Å²) >= 11 is 0. The molecule has 1 unspecified atom stereocenters. The van der Waals surface area contributed by atoms with Gasteiger partial charge in [0, 0.05) is 12.5 Å². The molecule has 168 valence electrons. The van der Waals surface area contributed by atoms with Crippen LogP contribution in [0.5, 0.6) is 0 Å². The number of carbonyl (C=O) groups is 2. The molecule has 1 fully saturated rings. The molecule has 5 heteroatoms. The van der Waals surface area contributed by atoms with Crippen molar-refractivity contribution >= 4 is 11.8 Å². The van der Waals surface area contributed by atoms with Gasteiger partial charge >= 0.3 is 0 Å². The second kappa shape index (κ2) is 11.5. The van der Waals surface area contributed by atoms with Crippen LogP contribution < -0.4 is 16.4 Å². The number of hydrogen-bond donors (Lipinski definition) is 3.